The number of hydrogen-bond donors (Lipinski definition) is 1. The fraction of sp³-hybridized carbons (Fsp3) is 0.250. The first-order valence-electron chi connectivity index (χ1n) is 15.5. The largest absolute Gasteiger partial charge is 0.497 e. The number of thiophene rings is 1. The molecular formula is C36H36N6O5S2. The molecule has 2 amide bonds. The molecule has 1 aliphatic rings. The molecule has 0 fully saturated rings. The van der Waals surface area contributed by atoms with E-state index in [1.54, 1.807) is 48.8 Å². The highest BCUT2D eigenvalue weighted by molar-refractivity contribution is 7.99. The van der Waals surface area contributed by atoms with Crippen LogP contribution in [0.5, 0.6) is 17.2 Å². The first kappa shape index (κ1) is 33.7. The van der Waals surface area contributed by atoms with Gasteiger partial charge in [-0.05, 0) is 78.4 Å². The Morgan fingerprint density at radius 1 is 0.939 bits per heavy atom. The van der Waals surface area contributed by atoms with Crippen molar-refractivity contribution in [3.05, 3.63) is 111 Å². The van der Waals surface area contributed by atoms with Crippen molar-refractivity contribution in [2.45, 2.75) is 38.0 Å². The Bertz CT molecular complexity index is 1990. The van der Waals surface area contributed by atoms with Crippen molar-refractivity contribution in [1.82, 2.24) is 25.1 Å². The standard InChI is InChI=1S/C36H36N6O5S2/c1-22-8-6-9-28(23(22)2)41-33(20-37-35(44)25-13-16-30(46-4)31(18-25)47-5)38-39-36(41)49-21-34(43)42-29(24-11-14-26(45-3)15-12-24)19-27(40-42)32-10-7-17-48-32/h6-18,29H,19-21H2,1-5H3,(H,37,44)/t29-/m0/s1. The SMILES string of the molecule is COc1ccc([C@@H]2CC(c3cccs3)=NN2C(=O)CSc2nnc(CNC(=O)c3ccc(OC)c(OC)c3)n2-c2cccc(C)c2C)cc1. The van der Waals surface area contributed by atoms with E-state index >= 15 is 0 Å². The van der Waals surface area contributed by atoms with Crippen LogP contribution in [-0.4, -0.2) is 64.4 Å². The Morgan fingerprint density at radius 2 is 1.73 bits per heavy atom. The van der Waals surface area contributed by atoms with Crippen LogP contribution >= 0.6 is 23.1 Å². The molecule has 0 saturated heterocycles. The number of thioether (sulfide) groups is 1. The van der Waals surface area contributed by atoms with Crippen molar-refractivity contribution in [3.63, 3.8) is 0 Å². The van der Waals surface area contributed by atoms with E-state index in [2.05, 4.69) is 15.5 Å². The monoisotopic (exact) mass is 696 g/mol. The van der Waals surface area contributed by atoms with Gasteiger partial charge in [0, 0.05) is 12.0 Å². The van der Waals surface area contributed by atoms with Crippen LogP contribution in [0.3, 0.4) is 0 Å². The second-order valence-electron chi connectivity index (χ2n) is 11.2. The normalized spacial score (nSPS) is 14.0. The molecule has 49 heavy (non-hydrogen) atoms. The maximum Gasteiger partial charge on any atom is 0.253 e. The van der Waals surface area contributed by atoms with E-state index in [1.807, 2.05) is 78.4 Å². The first-order chi connectivity index (χ1) is 23.8. The number of benzene rings is 3. The van der Waals surface area contributed by atoms with Crippen molar-refractivity contribution in [2.24, 2.45) is 5.10 Å². The quantitative estimate of drug-likeness (QED) is 0.150. The second kappa shape index (κ2) is 15.0. The summed E-state index contributed by atoms with van der Waals surface area (Å²) in [7, 11) is 4.69. The molecule has 3 aromatic carbocycles. The molecule has 1 atom stereocenters. The summed E-state index contributed by atoms with van der Waals surface area (Å²) in [6.07, 6.45) is 0.603. The third kappa shape index (κ3) is 7.18. The summed E-state index contributed by atoms with van der Waals surface area (Å²) in [6.45, 7) is 4.16. The van der Waals surface area contributed by atoms with Gasteiger partial charge < -0.3 is 19.5 Å². The average Bonchev–Trinajstić information content (AvgIpc) is 3.91. The molecule has 3 heterocycles. The second-order valence-corrected chi connectivity index (χ2v) is 13.1. The lowest BCUT2D eigenvalue weighted by molar-refractivity contribution is -0.130. The molecule has 0 radical (unpaired) electrons. The summed E-state index contributed by atoms with van der Waals surface area (Å²) in [5, 5.41) is 20.8. The van der Waals surface area contributed by atoms with E-state index in [1.165, 1.54) is 18.9 Å². The van der Waals surface area contributed by atoms with E-state index in [9.17, 15) is 9.59 Å². The predicted molar refractivity (Wildman–Crippen MR) is 190 cm³/mol. The number of carbonyl (C=O) groups is 2. The molecule has 1 aliphatic heterocycles. The van der Waals surface area contributed by atoms with Crippen LogP contribution in [0.15, 0.2) is 88.4 Å². The van der Waals surface area contributed by atoms with Crippen molar-refractivity contribution in [2.75, 3.05) is 27.1 Å². The molecule has 252 valence electrons. The van der Waals surface area contributed by atoms with Gasteiger partial charge in [-0.1, -0.05) is 42.1 Å². The Morgan fingerprint density at radius 3 is 2.45 bits per heavy atom. The number of rotatable bonds is 12. The summed E-state index contributed by atoms with van der Waals surface area (Å²) in [5.74, 6) is 1.87. The van der Waals surface area contributed by atoms with Crippen molar-refractivity contribution in [3.8, 4) is 22.9 Å². The number of nitrogens with zero attached hydrogens (tertiary/aromatic N) is 5. The number of nitrogens with one attached hydrogen (secondary N) is 1. The fourth-order valence-electron chi connectivity index (χ4n) is 5.58. The number of hydrazone groups is 1. The summed E-state index contributed by atoms with van der Waals surface area (Å²) >= 11 is 2.89. The van der Waals surface area contributed by atoms with E-state index in [-0.39, 0.29) is 30.2 Å². The van der Waals surface area contributed by atoms with Gasteiger partial charge in [0.15, 0.2) is 22.5 Å². The Balaban J connectivity index is 1.25. The zero-order valence-electron chi connectivity index (χ0n) is 27.8. The van der Waals surface area contributed by atoms with Gasteiger partial charge in [0.05, 0.1) is 55.9 Å². The van der Waals surface area contributed by atoms with Crippen LogP contribution in [0, 0.1) is 13.8 Å². The maximum absolute atomic E-state index is 13.9. The lowest BCUT2D eigenvalue weighted by Crippen LogP contribution is -2.28. The van der Waals surface area contributed by atoms with Crippen LogP contribution in [0.4, 0.5) is 0 Å². The number of carbonyl (C=O) groups excluding carboxylic acids is 2. The zero-order valence-corrected chi connectivity index (χ0v) is 29.4. The highest BCUT2D eigenvalue weighted by atomic mass is 32.2. The van der Waals surface area contributed by atoms with Crippen molar-refractivity contribution in [1.29, 1.82) is 0 Å². The van der Waals surface area contributed by atoms with E-state index in [0.29, 0.717) is 34.5 Å². The number of ether oxygens (including phenoxy) is 3. The molecule has 2 aromatic heterocycles. The summed E-state index contributed by atoms with van der Waals surface area (Å²) in [4.78, 5) is 28.1. The Hall–Kier alpha value is -5.14. The molecule has 13 heteroatoms. The summed E-state index contributed by atoms with van der Waals surface area (Å²) < 4.78 is 17.9. The molecule has 1 N–H and O–H groups in total. The van der Waals surface area contributed by atoms with Gasteiger partial charge in [-0.2, -0.15) is 5.10 Å². The molecular weight excluding hydrogens is 661 g/mol. The highest BCUT2D eigenvalue weighted by Crippen LogP contribution is 2.36. The van der Waals surface area contributed by atoms with Gasteiger partial charge in [-0.25, -0.2) is 5.01 Å². The maximum atomic E-state index is 13.9. The molecule has 0 spiro atoms. The first-order valence-corrected chi connectivity index (χ1v) is 17.4. The summed E-state index contributed by atoms with van der Waals surface area (Å²) in [6, 6.07) is 22.5. The molecule has 0 bridgehead atoms. The fourth-order valence-corrected chi connectivity index (χ4v) is 7.11. The van der Waals surface area contributed by atoms with Crippen LogP contribution in [-0.2, 0) is 11.3 Å². The van der Waals surface area contributed by atoms with Gasteiger partial charge in [-0.15, -0.1) is 21.5 Å². The number of methoxy groups -OCH3 is 3. The molecule has 0 saturated carbocycles. The molecule has 5 aromatic rings. The molecule has 0 aliphatic carbocycles. The lowest BCUT2D eigenvalue weighted by Gasteiger charge is -2.22. The number of aromatic nitrogens is 3. The minimum absolute atomic E-state index is 0.0782. The van der Waals surface area contributed by atoms with Gasteiger partial charge in [0.1, 0.15) is 5.75 Å². The zero-order chi connectivity index (χ0) is 34.5. The number of aryl methyl sites for hydroxylation is 1. The predicted octanol–water partition coefficient (Wildman–Crippen LogP) is 6.37. The van der Waals surface area contributed by atoms with Crippen molar-refractivity contribution >= 4 is 40.6 Å². The molecule has 6 rings (SSSR count). The average molecular weight is 697 g/mol. The van der Waals surface area contributed by atoms with E-state index in [4.69, 9.17) is 19.3 Å². The lowest BCUT2D eigenvalue weighted by atomic mass is 10.0. The molecule has 0 unspecified atom stereocenters. The number of amides is 2. The van der Waals surface area contributed by atoms with E-state index in [0.717, 1.165) is 38.7 Å². The Kier molecular flexibility index (Phi) is 10.3. The van der Waals surface area contributed by atoms with Crippen LogP contribution in [0.25, 0.3) is 5.69 Å². The summed E-state index contributed by atoms with van der Waals surface area (Å²) in [5.41, 5.74) is 5.25. The Labute approximate surface area is 292 Å². The molecule has 11 nitrogen and oxygen atoms in total. The van der Waals surface area contributed by atoms with Gasteiger partial charge in [0.2, 0.25) is 0 Å². The van der Waals surface area contributed by atoms with Gasteiger partial charge in [0.25, 0.3) is 11.8 Å². The van der Waals surface area contributed by atoms with Crippen LogP contribution in [0.2, 0.25) is 0 Å². The topological polar surface area (TPSA) is 120 Å². The van der Waals surface area contributed by atoms with Crippen molar-refractivity contribution < 1.29 is 23.8 Å². The van der Waals surface area contributed by atoms with Crippen LogP contribution in [0.1, 0.15) is 50.2 Å². The van der Waals surface area contributed by atoms with Gasteiger partial charge >= 0.3 is 0 Å². The third-order valence-electron chi connectivity index (χ3n) is 8.37. The third-order valence-corrected chi connectivity index (χ3v) is 10.2. The highest BCUT2D eigenvalue weighted by Gasteiger charge is 2.34. The number of hydrogen-bond acceptors (Lipinski definition) is 10. The minimum atomic E-state index is -0.307. The van der Waals surface area contributed by atoms with E-state index < -0.39 is 0 Å². The van der Waals surface area contributed by atoms with Crippen LogP contribution < -0.4 is 19.5 Å². The van der Waals surface area contributed by atoms with Gasteiger partial charge in [-0.3, -0.25) is 14.2 Å². The smallest absolute Gasteiger partial charge is 0.253 e. The minimum Gasteiger partial charge on any atom is -0.497 e.